The van der Waals surface area contributed by atoms with Gasteiger partial charge >= 0.3 is 0 Å². The van der Waals surface area contributed by atoms with Crippen molar-refractivity contribution in [1.82, 2.24) is 10.2 Å². The summed E-state index contributed by atoms with van der Waals surface area (Å²) in [6.07, 6.45) is 2.78. The Bertz CT molecular complexity index is 564. The van der Waals surface area contributed by atoms with E-state index in [-0.39, 0.29) is 17.9 Å². The van der Waals surface area contributed by atoms with Gasteiger partial charge in [-0.25, -0.2) is 0 Å². The Hall–Kier alpha value is -1.92. The number of hydrogen-bond donors (Lipinski definition) is 3. The highest BCUT2D eigenvalue weighted by molar-refractivity contribution is 5.86. The van der Waals surface area contributed by atoms with E-state index in [1.165, 1.54) is 12.0 Å². The summed E-state index contributed by atoms with van der Waals surface area (Å²) in [4.78, 5) is 25.2. The summed E-state index contributed by atoms with van der Waals surface area (Å²) < 4.78 is 0. The van der Waals surface area contributed by atoms with Crippen LogP contribution in [0.15, 0.2) is 30.3 Å². The van der Waals surface area contributed by atoms with Gasteiger partial charge in [0.05, 0.1) is 18.6 Å². The molecule has 137 valence electrons. The average Bonchev–Trinajstić information content (AvgIpc) is 2.75. The molecule has 0 bridgehead atoms. The van der Waals surface area contributed by atoms with Crippen LogP contribution in [-0.2, 0) is 16.1 Å². The molecule has 1 radical (unpaired) electrons. The first-order valence-electron chi connectivity index (χ1n) is 8.83. The smallest absolute Gasteiger partial charge is 0.224 e. The van der Waals surface area contributed by atoms with Gasteiger partial charge in [0.1, 0.15) is 0 Å². The van der Waals surface area contributed by atoms with Crippen LogP contribution in [0.5, 0.6) is 0 Å². The minimum absolute atomic E-state index is 0.256. The van der Waals surface area contributed by atoms with Crippen molar-refractivity contribution in [3.63, 3.8) is 0 Å². The maximum Gasteiger partial charge on any atom is 0.224 e. The molecule has 1 heterocycles. The number of primary amides is 1. The van der Waals surface area contributed by atoms with Crippen LogP contribution < -0.4 is 11.1 Å². The fraction of sp³-hybridized carbons (Fsp3) is 0.526. The molecule has 3 atom stereocenters. The first-order valence-corrected chi connectivity index (χ1v) is 8.83. The first kappa shape index (κ1) is 19.4. The van der Waals surface area contributed by atoms with E-state index in [1.54, 1.807) is 6.92 Å². The molecule has 1 aromatic rings. The van der Waals surface area contributed by atoms with Gasteiger partial charge in [-0.05, 0) is 31.4 Å². The molecule has 2 unspecified atom stereocenters. The third-order valence-electron chi connectivity index (χ3n) is 4.62. The average molecular weight is 346 g/mol. The predicted molar refractivity (Wildman–Crippen MR) is 96.2 cm³/mol. The summed E-state index contributed by atoms with van der Waals surface area (Å²) in [5.74, 6) is -1.05. The van der Waals surface area contributed by atoms with Gasteiger partial charge in [-0.3, -0.25) is 14.5 Å². The Morgan fingerprint density at radius 3 is 2.80 bits per heavy atom. The van der Waals surface area contributed by atoms with Crippen LogP contribution in [0.1, 0.15) is 31.7 Å². The van der Waals surface area contributed by atoms with Gasteiger partial charge in [0.25, 0.3) is 0 Å². The van der Waals surface area contributed by atoms with E-state index >= 15 is 0 Å². The van der Waals surface area contributed by atoms with E-state index in [4.69, 9.17) is 5.73 Å². The van der Waals surface area contributed by atoms with E-state index in [0.29, 0.717) is 13.0 Å². The molecule has 0 aromatic heterocycles. The zero-order valence-corrected chi connectivity index (χ0v) is 14.7. The summed E-state index contributed by atoms with van der Waals surface area (Å²) in [7, 11) is 0. The molecule has 1 aromatic carbocycles. The van der Waals surface area contributed by atoms with Crippen LogP contribution in [0.3, 0.4) is 0 Å². The second kappa shape index (κ2) is 9.53. The SMILES string of the molecule is CC(C[CH]C(=O)NC1CCCN(Cc2ccccc2)C[C@@H]1O)C(N)=O. The number of nitrogens with one attached hydrogen (secondary N) is 1. The zero-order valence-electron chi connectivity index (χ0n) is 14.7. The van der Waals surface area contributed by atoms with Gasteiger partial charge in [0, 0.05) is 19.0 Å². The monoisotopic (exact) mass is 346 g/mol. The number of β-amino-alcohol motifs (C(OH)–C–C–N with tert-alkyl or cyclic N) is 1. The van der Waals surface area contributed by atoms with E-state index in [9.17, 15) is 14.7 Å². The van der Waals surface area contributed by atoms with Crippen LogP contribution in [0, 0.1) is 12.3 Å². The quantitative estimate of drug-likeness (QED) is 0.682. The lowest BCUT2D eigenvalue weighted by molar-refractivity contribution is -0.121. The summed E-state index contributed by atoms with van der Waals surface area (Å²) in [5, 5.41) is 13.3. The van der Waals surface area contributed by atoms with Crippen molar-refractivity contribution in [3.05, 3.63) is 42.3 Å². The molecule has 25 heavy (non-hydrogen) atoms. The van der Waals surface area contributed by atoms with Crippen molar-refractivity contribution in [2.24, 2.45) is 11.7 Å². The summed E-state index contributed by atoms with van der Waals surface area (Å²) in [6, 6.07) is 9.89. The maximum atomic E-state index is 12.0. The molecular formula is C19H28N3O3. The number of carbonyl (C=O) groups excluding carboxylic acids is 2. The van der Waals surface area contributed by atoms with Crippen molar-refractivity contribution in [2.75, 3.05) is 13.1 Å². The van der Waals surface area contributed by atoms with Crippen molar-refractivity contribution < 1.29 is 14.7 Å². The summed E-state index contributed by atoms with van der Waals surface area (Å²) in [5.41, 5.74) is 6.41. The largest absolute Gasteiger partial charge is 0.390 e. The van der Waals surface area contributed by atoms with Crippen LogP contribution in [0.4, 0.5) is 0 Å². The van der Waals surface area contributed by atoms with Gasteiger partial charge in [-0.1, -0.05) is 37.3 Å². The fourth-order valence-electron chi connectivity index (χ4n) is 3.01. The van der Waals surface area contributed by atoms with Crippen LogP contribution in [-0.4, -0.2) is 47.1 Å². The number of aliphatic hydroxyl groups is 1. The molecule has 1 saturated heterocycles. The lowest BCUT2D eigenvalue weighted by Crippen LogP contribution is -2.46. The molecule has 0 aliphatic carbocycles. The molecular weight excluding hydrogens is 318 g/mol. The number of hydrogen-bond acceptors (Lipinski definition) is 4. The highest BCUT2D eigenvalue weighted by Gasteiger charge is 2.27. The van der Waals surface area contributed by atoms with Gasteiger partial charge in [0.2, 0.25) is 11.8 Å². The Morgan fingerprint density at radius 1 is 1.40 bits per heavy atom. The number of carbonyl (C=O) groups is 2. The number of benzene rings is 1. The molecule has 2 amide bonds. The number of rotatable bonds is 7. The molecule has 0 saturated carbocycles. The summed E-state index contributed by atoms with van der Waals surface area (Å²) >= 11 is 0. The number of nitrogens with two attached hydrogens (primary N) is 1. The Balaban J connectivity index is 1.81. The highest BCUT2D eigenvalue weighted by Crippen LogP contribution is 2.15. The first-order chi connectivity index (χ1) is 12.0. The molecule has 1 fully saturated rings. The molecule has 6 heteroatoms. The molecule has 4 N–H and O–H groups in total. The predicted octanol–water partition coefficient (Wildman–Crippen LogP) is 0.844. The third-order valence-corrected chi connectivity index (χ3v) is 4.62. The van der Waals surface area contributed by atoms with Crippen molar-refractivity contribution in [2.45, 2.75) is 44.9 Å². The van der Waals surface area contributed by atoms with Crippen LogP contribution in [0.2, 0.25) is 0 Å². The second-order valence-electron chi connectivity index (χ2n) is 6.79. The lowest BCUT2D eigenvalue weighted by Gasteiger charge is -2.25. The zero-order chi connectivity index (χ0) is 18.2. The summed E-state index contributed by atoms with van der Waals surface area (Å²) in [6.45, 7) is 3.90. The number of nitrogens with zero attached hydrogens (tertiary/aromatic N) is 1. The Labute approximate surface area is 149 Å². The minimum atomic E-state index is -0.614. The molecule has 1 aliphatic rings. The van der Waals surface area contributed by atoms with E-state index < -0.39 is 12.0 Å². The van der Waals surface area contributed by atoms with E-state index in [1.807, 2.05) is 18.2 Å². The van der Waals surface area contributed by atoms with Gasteiger partial charge in [-0.2, -0.15) is 0 Å². The van der Waals surface area contributed by atoms with Gasteiger partial charge in [-0.15, -0.1) is 0 Å². The normalized spacial score (nSPS) is 22.8. The number of amides is 2. The van der Waals surface area contributed by atoms with Crippen molar-refractivity contribution in [3.8, 4) is 0 Å². The molecule has 6 nitrogen and oxygen atoms in total. The van der Waals surface area contributed by atoms with Gasteiger partial charge < -0.3 is 16.2 Å². The third kappa shape index (κ3) is 6.48. The van der Waals surface area contributed by atoms with E-state index in [2.05, 4.69) is 22.3 Å². The lowest BCUT2D eigenvalue weighted by atomic mass is 10.0. The highest BCUT2D eigenvalue weighted by atomic mass is 16.3. The standard InChI is InChI=1S/C19H28N3O3/c1-14(19(20)25)9-10-18(24)21-16-8-5-11-22(13-17(16)23)12-15-6-3-2-4-7-15/h2-4,6-7,10,14,16-17,23H,5,8-9,11-13H2,1H3,(H2,20,25)(H,21,24)/t14?,16?,17-/m0/s1. The second-order valence-corrected chi connectivity index (χ2v) is 6.79. The maximum absolute atomic E-state index is 12.0. The molecule has 0 spiro atoms. The molecule has 2 rings (SSSR count). The fourth-order valence-corrected chi connectivity index (χ4v) is 3.01. The van der Waals surface area contributed by atoms with Crippen LogP contribution >= 0.6 is 0 Å². The van der Waals surface area contributed by atoms with Crippen molar-refractivity contribution >= 4 is 11.8 Å². The Morgan fingerprint density at radius 2 is 2.12 bits per heavy atom. The molecule has 1 aliphatic heterocycles. The van der Waals surface area contributed by atoms with Crippen LogP contribution in [0.25, 0.3) is 0 Å². The Kier molecular flexibility index (Phi) is 7.40. The number of likely N-dealkylation sites (tertiary alicyclic amines) is 1. The van der Waals surface area contributed by atoms with E-state index in [0.717, 1.165) is 25.9 Å². The topological polar surface area (TPSA) is 95.7 Å². The minimum Gasteiger partial charge on any atom is -0.390 e. The van der Waals surface area contributed by atoms with Gasteiger partial charge in [0.15, 0.2) is 0 Å². The van der Waals surface area contributed by atoms with Crippen molar-refractivity contribution in [1.29, 1.82) is 0 Å². The number of aliphatic hydroxyl groups excluding tert-OH is 1.